The lowest BCUT2D eigenvalue weighted by atomic mass is 10.4. The van der Waals surface area contributed by atoms with Crippen LogP contribution in [0.25, 0.3) is 0 Å². The SMILES string of the molecule is Cl.FCOCN1CCCC1. The molecule has 1 aliphatic heterocycles. The van der Waals surface area contributed by atoms with Gasteiger partial charge < -0.3 is 4.74 Å². The van der Waals surface area contributed by atoms with Crippen molar-refractivity contribution in [1.29, 1.82) is 0 Å². The van der Waals surface area contributed by atoms with Gasteiger partial charge in [0.1, 0.15) is 6.73 Å². The number of ether oxygens (including phenoxy) is 1. The Morgan fingerprint density at radius 1 is 1.30 bits per heavy atom. The van der Waals surface area contributed by atoms with Crippen molar-refractivity contribution >= 4 is 12.4 Å². The second kappa shape index (κ2) is 5.89. The van der Waals surface area contributed by atoms with E-state index < -0.39 is 6.86 Å². The van der Waals surface area contributed by atoms with E-state index in [1.807, 2.05) is 0 Å². The predicted octanol–water partition coefficient (Wildman–Crippen LogP) is 1.41. The molecule has 0 aromatic heterocycles. The van der Waals surface area contributed by atoms with Crippen molar-refractivity contribution in [3.63, 3.8) is 0 Å². The van der Waals surface area contributed by atoms with E-state index in [-0.39, 0.29) is 12.4 Å². The molecule has 1 heterocycles. The topological polar surface area (TPSA) is 12.5 Å². The highest BCUT2D eigenvalue weighted by Crippen LogP contribution is 2.05. The first-order chi connectivity index (χ1) is 4.43. The standard InChI is InChI=1S/C6H12FNO.ClH/c7-5-9-6-8-3-1-2-4-8;/h1-6H2;1H. The maximum absolute atomic E-state index is 11.4. The number of hydrogen-bond donors (Lipinski definition) is 0. The van der Waals surface area contributed by atoms with E-state index in [1.54, 1.807) is 0 Å². The number of hydrogen-bond acceptors (Lipinski definition) is 2. The van der Waals surface area contributed by atoms with Crippen LogP contribution in [-0.2, 0) is 4.74 Å². The molecule has 0 aromatic rings. The maximum atomic E-state index is 11.4. The van der Waals surface area contributed by atoms with E-state index in [0.29, 0.717) is 6.73 Å². The quantitative estimate of drug-likeness (QED) is 0.634. The molecule has 0 N–H and O–H groups in total. The molecule has 4 heteroatoms. The molecule has 0 radical (unpaired) electrons. The number of likely N-dealkylation sites (tertiary alicyclic amines) is 1. The summed E-state index contributed by atoms with van der Waals surface area (Å²) in [6.07, 6.45) is 2.46. The summed E-state index contributed by atoms with van der Waals surface area (Å²) in [5.74, 6) is 0. The lowest BCUT2D eigenvalue weighted by Crippen LogP contribution is -2.22. The third-order valence-corrected chi connectivity index (χ3v) is 1.55. The van der Waals surface area contributed by atoms with Gasteiger partial charge in [0.15, 0.2) is 6.86 Å². The van der Waals surface area contributed by atoms with Crippen LogP contribution in [-0.4, -0.2) is 31.6 Å². The van der Waals surface area contributed by atoms with Crippen molar-refractivity contribution in [3.8, 4) is 0 Å². The maximum Gasteiger partial charge on any atom is 0.189 e. The van der Waals surface area contributed by atoms with Crippen molar-refractivity contribution in [1.82, 2.24) is 4.90 Å². The van der Waals surface area contributed by atoms with Crippen molar-refractivity contribution in [2.45, 2.75) is 12.8 Å². The first kappa shape index (κ1) is 10.1. The fraction of sp³-hybridized carbons (Fsp3) is 1.00. The summed E-state index contributed by atoms with van der Waals surface area (Å²) in [7, 11) is 0. The Labute approximate surface area is 66.8 Å². The number of rotatable bonds is 3. The minimum atomic E-state index is -0.656. The molecule has 0 atom stereocenters. The molecule has 10 heavy (non-hydrogen) atoms. The Morgan fingerprint density at radius 2 is 1.90 bits per heavy atom. The van der Waals surface area contributed by atoms with E-state index in [2.05, 4.69) is 9.64 Å². The molecule has 1 fully saturated rings. The van der Waals surface area contributed by atoms with Crippen LogP contribution in [0, 0.1) is 0 Å². The Hall–Kier alpha value is 0.140. The number of nitrogens with zero attached hydrogens (tertiary/aromatic N) is 1. The van der Waals surface area contributed by atoms with E-state index >= 15 is 0 Å². The summed E-state index contributed by atoms with van der Waals surface area (Å²) in [4.78, 5) is 2.11. The highest BCUT2D eigenvalue weighted by atomic mass is 35.5. The largest absolute Gasteiger partial charge is 0.335 e. The van der Waals surface area contributed by atoms with E-state index in [4.69, 9.17) is 0 Å². The molecule has 0 aliphatic carbocycles. The third kappa shape index (κ3) is 3.34. The van der Waals surface area contributed by atoms with Crippen LogP contribution in [0.2, 0.25) is 0 Å². The van der Waals surface area contributed by atoms with Crippen LogP contribution in [0.4, 0.5) is 4.39 Å². The van der Waals surface area contributed by atoms with Gasteiger partial charge in [-0.3, -0.25) is 4.90 Å². The third-order valence-electron chi connectivity index (χ3n) is 1.55. The fourth-order valence-electron chi connectivity index (χ4n) is 1.08. The van der Waals surface area contributed by atoms with Gasteiger partial charge in [0, 0.05) is 13.1 Å². The molecule has 62 valence electrons. The van der Waals surface area contributed by atoms with Crippen molar-refractivity contribution in [2.24, 2.45) is 0 Å². The number of alkyl halides is 1. The second-order valence-corrected chi connectivity index (χ2v) is 2.27. The first-order valence-electron chi connectivity index (χ1n) is 3.29. The van der Waals surface area contributed by atoms with Gasteiger partial charge in [-0.15, -0.1) is 12.4 Å². The summed E-state index contributed by atoms with van der Waals surface area (Å²) in [6.45, 7) is 1.95. The molecule has 0 unspecified atom stereocenters. The van der Waals surface area contributed by atoms with E-state index in [9.17, 15) is 4.39 Å². The molecule has 0 bridgehead atoms. The molecule has 0 saturated carbocycles. The lowest BCUT2D eigenvalue weighted by Gasteiger charge is -2.11. The summed E-state index contributed by atoms with van der Waals surface area (Å²) in [6, 6.07) is 0. The molecular weight excluding hydrogens is 157 g/mol. The van der Waals surface area contributed by atoms with Gasteiger partial charge in [-0.05, 0) is 12.8 Å². The zero-order valence-electron chi connectivity index (χ0n) is 5.88. The zero-order valence-corrected chi connectivity index (χ0v) is 6.70. The van der Waals surface area contributed by atoms with Crippen LogP contribution in [0.1, 0.15) is 12.8 Å². The highest BCUT2D eigenvalue weighted by Gasteiger charge is 2.09. The van der Waals surface area contributed by atoms with Crippen LogP contribution in [0.5, 0.6) is 0 Å². The molecule has 0 aromatic carbocycles. The minimum Gasteiger partial charge on any atom is -0.335 e. The summed E-state index contributed by atoms with van der Waals surface area (Å²) in [5.41, 5.74) is 0. The summed E-state index contributed by atoms with van der Waals surface area (Å²) < 4.78 is 16.0. The van der Waals surface area contributed by atoms with Crippen LogP contribution in [0.15, 0.2) is 0 Å². The Kier molecular flexibility index (Phi) is 5.97. The molecule has 2 nitrogen and oxygen atoms in total. The van der Waals surface area contributed by atoms with Gasteiger partial charge in [-0.2, -0.15) is 0 Å². The second-order valence-electron chi connectivity index (χ2n) is 2.27. The normalized spacial score (nSPS) is 18.9. The number of halogens is 2. The smallest absolute Gasteiger partial charge is 0.189 e. The van der Waals surface area contributed by atoms with Gasteiger partial charge >= 0.3 is 0 Å². The first-order valence-corrected chi connectivity index (χ1v) is 3.29. The van der Waals surface area contributed by atoms with Crippen LogP contribution in [0.3, 0.4) is 0 Å². The summed E-state index contributed by atoms with van der Waals surface area (Å²) >= 11 is 0. The Morgan fingerprint density at radius 3 is 2.40 bits per heavy atom. The molecule has 1 aliphatic rings. The van der Waals surface area contributed by atoms with E-state index in [0.717, 1.165) is 13.1 Å². The van der Waals surface area contributed by atoms with Crippen LogP contribution < -0.4 is 0 Å². The predicted molar refractivity (Wildman–Crippen MR) is 40.0 cm³/mol. The average molecular weight is 170 g/mol. The summed E-state index contributed by atoms with van der Waals surface area (Å²) in [5, 5.41) is 0. The Balaban J connectivity index is 0.000000810. The molecule has 1 saturated heterocycles. The van der Waals surface area contributed by atoms with E-state index in [1.165, 1.54) is 12.8 Å². The average Bonchev–Trinajstić information content (AvgIpc) is 2.34. The van der Waals surface area contributed by atoms with Gasteiger partial charge in [-0.25, -0.2) is 4.39 Å². The van der Waals surface area contributed by atoms with Gasteiger partial charge in [0.05, 0.1) is 0 Å². The zero-order chi connectivity index (χ0) is 6.53. The van der Waals surface area contributed by atoms with Crippen molar-refractivity contribution in [2.75, 3.05) is 26.7 Å². The molecule has 1 rings (SSSR count). The van der Waals surface area contributed by atoms with Crippen molar-refractivity contribution in [3.05, 3.63) is 0 Å². The minimum absolute atomic E-state index is 0. The van der Waals surface area contributed by atoms with Gasteiger partial charge in [0.25, 0.3) is 0 Å². The van der Waals surface area contributed by atoms with Gasteiger partial charge in [-0.1, -0.05) is 0 Å². The van der Waals surface area contributed by atoms with Gasteiger partial charge in [0.2, 0.25) is 0 Å². The lowest BCUT2D eigenvalue weighted by molar-refractivity contribution is -0.00672. The fourth-order valence-corrected chi connectivity index (χ4v) is 1.08. The molecular formula is C6H13ClFNO. The molecule has 0 amide bonds. The van der Waals surface area contributed by atoms with Crippen LogP contribution >= 0.6 is 12.4 Å². The van der Waals surface area contributed by atoms with Crippen molar-refractivity contribution < 1.29 is 9.13 Å². The highest BCUT2D eigenvalue weighted by molar-refractivity contribution is 5.85. The Bertz CT molecular complexity index is 78.1. The molecule has 0 spiro atoms. The monoisotopic (exact) mass is 169 g/mol.